The zero-order chi connectivity index (χ0) is 14.1. The van der Waals surface area contributed by atoms with Crippen LogP contribution in [0.1, 0.15) is 6.92 Å². The van der Waals surface area contributed by atoms with Crippen molar-refractivity contribution in [1.82, 2.24) is 4.98 Å². The molecule has 1 N–H and O–H groups in total. The summed E-state index contributed by atoms with van der Waals surface area (Å²) in [6.45, 7) is 2.59. The number of hydrogen-bond donors (Lipinski definition) is 1. The molecule has 1 aromatic heterocycles. The van der Waals surface area contributed by atoms with E-state index in [4.69, 9.17) is 16.3 Å². The second-order valence-electron chi connectivity index (χ2n) is 4.25. The van der Waals surface area contributed by atoms with Gasteiger partial charge in [0.1, 0.15) is 16.5 Å². The lowest BCUT2D eigenvalue weighted by Crippen LogP contribution is -1.89. The topological polar surface area (TPSA) is 42.4 Å². The first-order chi connectivity index (χ1) is 9.67. The number of fused-ring (bicyclic) bond motifs is 1. The van der Waals surface area contributed by atoms with Crippen molar-refractivity contribution in [3.8, 4) is 22.1 Å². The summed E-state index contributed by atoms with van der Waals surface area (Å²) < 4.78 is 6.52. The second kappa shape index (κ2) is 5.31. The van der Waals surface area contributed by atoms with Crippen molar-refractivity contribution in [2.24, 2.45) is 0 Å². The van der Waals surface area contributed by atoms with Crippen molar-refractivity contribution < 1.29 is 9.84 Å². The van der Waals surface area contributed by atoms with Crippen molar-refractivity contribution in [2.45, 2.75) is 6.92 Å². The van der Waals surface area contributed by atoms with Gasteiger partial charge in [0.05, 0.1) is 21.8 Å². The lowest BCUT2D eigenvalue weighted by Gasteiger charge is -2.00. The number of aromatic hydroxyl groups is 1. The van der Waals surface area contributed by atoms with E-state index >= 15 is 0 Å². The van der Waals surface area contributed by atoms with Gasteiger partial charge in [-0.2, -0.15) is 0 Å². The molecule has 102 valence electrons. The van der Waals surface area contributed by atoms with Crippen molar-refractivity contribution in [1.29, 1.82) is 0 Å². The number of ether oxygens (including phenoxy) is 1. The van der Waals surface area contributed by atoms with E-state index in [0.717, 1.165) is 26.5 Å². The van der Waals surface area contributed by atoms with Gasteiger partial charge in [-0.25, -0.2) is 4.98 Å². The van der Waals surface area contributed by atoms with Crippen LogP contribution in [0.3, 0.4) is 0 Å². The van der Waals surface area contributed by atoms with E-state index in [1.807, 2.05) is 25.1 Å². The summed E-state index contributed by atoms with van der Waals surface area (Å²) in [6.07, 6.45) is 0. The Bertz CT molecular complexity index is 770. The monoisotopic (exact) mass is 305 g/mol. The summed E-state index contributed by atoms with van der Waals surface area (Å²) in [7, 11) is 0. The molecule has 0 unspecified atom stereocenters. The SMILES string of the molecule is CCOc1ccc2nc(-c3cc(O)ccc3Cl)sc2c1. The molecule has 2 aromatic carbocycles. The summed E-state index contributed by atoms with van der Waals surface area (Å²) >= 11 is 7.70. The Balaban J connectivity index is 2.10. The zero-order valence-electron chi connectivity index (χ0n) is 10.8. The van der Waals surface area contributed by atoms with Gasteiger partial charge in [0, 0.05) is 5.56 Å². The van der Waals surface area contributed by atoms with Crippen LogP contribution in [-0.4, -0.2) is 16.7 Å². The molecule has 20 heavy (non-hydrogen) atoms. The molecule has 0 amide bonds. The first kappa shape index (κ1) is 13.2. The van der Waals surface area contributed by atoms with Crippen LogP contribution >= 0.6 is 22.9 Å². The van der Waals surface area contributed by atoms with E-state index in [-0.39, 0.29) is 5.75 Å². The molecule has 0 bridgehead atoms. The number of benzene rings is 2. The predicted molar refractivity (Wildman–Crippen MR) is 82.9 cm³/mol. The maximum atomic E-state index is 9.59. The molecule has 0 aliphatic carbocycles. The molecule has 0 aliphatic heterocycles. The number of rotatable bonds is 3. The second-order valence-corrected chi connectivity index (χ2v) is 5.68. The highest BCUT2D eigenvalue weighted by molar-refractivity contribution is 7.21. The predicted octanol–water partition coefficient (Wildman–Crippen LogP) is 4.72. The van der Waals surface area contributed by atoms with Crippen LogP contribution in [0.25, 0.3) is 20.8 Å². The molecule has 0 radical (unpaired) electrons. The minimum atomic E-state index is 0.179. The third-order valence-corrected chi connectivity index (χ3v) is 4.23. The number of phenols is 1. The number of phenolic OH excluding ortho intramolecular Hbond substituents is 1. The fraction of sp³-hybridized carbons (Fsp3) is 0.133. The molecular weight excluding hydrogens is 294 g/mol. The van der Waals surface area contributed by atoms with Crippen LogP contribution in [0.15, 0.2) is 36.4 Å². The van der Waals surface area contributed by atoms with Crippen molar-refractivity contribution >= 4 is 33.2 Å². The van der Waals surface area contributed by atoms with E-state index in [1.54, 1.807) is 18.2 Å². The van der Waals surface area contributed by atoms with Crippen LogP contribution in [-0.2, 0) is 0 Å². The van der Waals surface area contributed by atoms with E-state index in [9.17, 15) is 5.11 Å². The summed E-state index contributed by atoms with van der Waals surface area (Å²) in [4.78, 5) is 4.55. The summed E-state index contributed by atoms with van der Waals surface area (Å²) in [5, 5.41) is 10.9. The minimum Gasteiger partial charge on any atom is -0.508 e. The van der Waals surface area contributed by atoms with Gasteiger partial charge in [-0.15, -0.1) is 11.3 Å². The number of nitrogens with zero attached hydrogens (tertiary/aromatic N) is 1. The quantitative estimate of drug-likeness (QED) is 0.761. The first-order valence-electron chi connectivity index (χ1n) is 6.19. The summed E-state index contributed by atoms with van der Waals surface area (Å²) in [6, 6.07) is 10.7. The maximum absolute atomic E-state index is 9.59. The molecule has 3 nitrogen and oxygen atoms in total. The minimum absolute atomic E-state index is 0.179. The van der Waals surface area contributed by atoms with Crippen molar-refractivity contribution in [2.75, 3.05) is 6.61 Å². The maximum Gasteiger partial charge on any atom is 0.126 e. The number of aromatic nitrogens is 1. The smallest absolute Gasteiger partial charge is 0.126 e. The van der Waals surface area contributed by atoms with E-state index in [2.05, 4.69) is 4.98 Å². The highest BCUT2D eigenvalue weighted by Gasteiger charge is 2.11. The van der Waals surface area contributed by atoms with Crippen molar-refractivity contribution in [3.05, 3.63) is 41.4 Å². The average molecular weight is 306 g/mol. The normalized spacial score (nSPS) is 10.9. The fourth-order valence-corrected chi connectivity index (χ4v) is 3.24. The van der Waals surface area contributed by atoms with Gasteiger partial charge in [-0.3, -0.25) is 0 Å². The molecule has 1 heterocycles. The molecule has 0 saturated heterocycles. The molecule has 3 rings (SSSR count). The van der Waals surface area contributed by atoms with Crippen molar-refractivity contribution in [3.63, 3.8) is 0 Å². The number of halogens is 1. The van der Waals surface area contributed by atoms with Gasteiger partial charge in [0.15, 0.2) is 0 Å². The molecular formula is C15H12ClNO2S. The highest BCUT2D eigenvalue weighted by Crippen LogP contribution is 2.37. The Hall–Kier alpha value is -1.78. The Labute approximate surface area is 125 Å². The third-order valence-electron chi connectivity index (χ3n) is 2.85. The highest BCUT2D eigenvalue weighted by atomic mass is 35.5. The lowest BCUT2D eigenvalue weighted by atomic mass is 10.2. The molecule has 5 heteroatoms. The Morgan fingerprint density at radius 2 is 2.10 bits per heavy atom. The zero-order valence-corrected chi connectivity index (χ0v) is 12.3. The number of thiazole rings is 1. The molecule has 3 aromatic rings. The van der Waals surface area contributed by atoms with Gasteiger partial charge >= 0.3 is 0 Å². The van der Waals surface area contributed by atoms with Crippen LogP contribution in [0, 0.1) is 0 Å². The fourth-order valence-electron chi connectivity index (χ4n) is 1.95. The van der Waals surface area contributed by atoms with Gasteiger partial charge in [-0.05, 0) is 43.3 Å². The van der Waals surface area contributed by atoms with Gasteiger partial charge in [-0.1, -0.05) is 11.6 Å². The Kier molecular flexibility index (Phi) is 3.51. The Morgan fingerprint density at radius 3 is 2.90 bits per heavy atom. The van der Waals surface area contributed by atoms with Crippen LogP contribution in [0.5, 0.6) is 11.5 Å². The molecule has 0 fully saturated rings. The van der Waals surface area contributed by atoms with Crippen LogP contribution in [0.4, 0.5) is 0 Å². The van der Waals surface area contributed by atoms with E-state index < -0.39 is 0 Å². The van der Waals surface area contributed by atoms with Crippen LogP contribution < -0.4 is 4.74 Å². The lowest BCUT2D eigenvalue weighted by molar-refractivity contribution is 0.341. The van der Waals surface area contributed by atoms with E-state index in [1.165, 1.54) is 11.3 Å². The molecule has 0 saturated carbocycles. The average Bonchev–Trinajstić information content (AvgIpc) is 2.85. The first-order valence-corrected chi connectivity index (χ1v) is 7.39. The standard InChI is InChI=1S/C15H12ClNO2S/c1-2-19-10-4-6-13-14(8-10)20-15(17-13)11-7-9(18)3-5-12(11)16/h3-8,18H,2H2,1H3. The summed E-state index contributed by atoms with van der Waals surface area (Å²) in [5.74, 6) is 1.01. The third kappa shape index (κ3) is 2.44. The Morgan fingerprint density at radius 1 is 1.25 bits per heavy atom. The van der Waals surface area contributed by atoms with Gasteiger partial charge < -0.3 is 9.84 Å². The largest absolute Gasteiger partial charge is 0.508 e. The van der Waals surface area contributed by atoms with E-state index in [0.29, 0.717) is 11.6 Å². The summed E-state index contributed by atoms with van der Waals surface area (Å²) in [5.41, 5.74) is 1.64. The molecule has 0 aliphatic rings. The molecule has 0 atom stereocenters. The molecule has 0 spiro atoms. The number of hydrogen-bond acceptors (Lipinski definition) is 4. The van der Waals surface area contributed by atoms with Gasteiger partial charge in [0.25, 0.3) is 0 Å². The van der Waals surface area contributed by atoms with Crippen LogP contribution in [0.2, 0.25) is 5.02 Å². The van der Waals surface area contributed by atoms with Gasteiger partial charge in [0.2, 0.25) is 0 Å².